The lowest BCUT2D eigenvalue weighted by atomic mass is 9.99. The molecular formula is C35H44ClF2N3O4. The summed E-state index contributed by atoms with van der Waals surface area (Å²) in [4.78, 5) is 28.8. The van der Waals surface area contributed by atoms with Gasteiger partial charge in [0.15, 0.2) is 0 Å². The van der Waals surface area contributed by atoms with Crippen molar-refractivity contribution in [3.05, 3.63) is 106 Å². The molecule has 3 aromatic rings. The SMILES string of the molecule is COC[C@H]1CCCN1C(=O)c1cc(C)cc(C(=O)N[C@@H](Cc2cc(F)cc(F)c2)[C@@H](O)CNCc2cccc(C(C)C)c2)c1.Cl. The van der Waals surface area contributed by atoms with Crippen LogP contribution in [-0.2, 0) is 17.7 Å². The van der Waals surface area contributed by atoms with Crippen LogP contribution in [0, 0.1) is 18.6 Å². The molecule has 3 atom stereocenters. The van der Waals surface area contributed by atoms with Gasteiger partial charge in [-0.15, -0.1) is 12.4 Å². The van der Waals surface area contributed by atoms with Crippen molar-refractivity contribution in [3.8, 4) is 0 Å². The van der Waals surface area contributed by atoms with E-state index in [0.29, 0.717) is 36.7 Å². The molecule has 0 aliphatic carbocycles. The number of rotatable bonds is 13. The molecule has 1 heterocycles. The van der Waals surface area contributed by atoms with E-state index in [2.05, 4.69) is 36.6 Å². The summed E-state index contributed by atoms with van der Waals surface area (Å²) in [5.74, 6) is -1.76. The molecule has 1 aliphatic heterocycles. The zero-order valence-corrected chi connectivity index (χ0v) is 27.1. The molecule has 7 nitrogen and oxygen atoms in total. The van der Waals surface area contributed by atoms with Crippen molar-refractivity contribution in [2.24, 2.45) is 0 Å². The lowest BCUT2D eigenvalue weighted by Gasteiger charge is -2.26. The second-order valence-electron chi connectivity index (χ2n) is 12.0. The number of likely N-dealkylation sites (tertiary alicyclic amines) is 1. The molecule has 2 amide bonds. The lowest BCUT2D eigenvalue weighted by Crippen LogP contribution is -2.48. The monoisotopic (exact) mass is 643 g/mol. The maximum absolute atomic E-state index is 14.0. The smallest absolute Gasteiger partial charge is 0.254 e. The van der Waals surface area contributed by atoms with Gasteiger partial charge in [-0.2, -0.15) is 0 Å². The zero-order chi connectivity index (χ0) is 31.8. The third-order valence-corrected chi connectivity index (χ3v) is 8.04. The predicted octanol–water partition coefficient (Wildman–Crippen LogP) is 5.56. The van der Waals surface area contributed by atoms with E-state index >= 15 is 0 Å². The van der Waals surface area contributed by atoms with Gasteiger partial charge in [-0.25, -0.2) is 8.78 Å². The summed E-state index contributed by atoms with van der Waals surface area (Å²) in [5.41, 5.74) is 3.95. The van der Waals surface area contributed by atoms with Gasteiger partial charge >= 0.3 is 0 Å². The van der Waals surface area contributed by atoms with E-state index in [9.17, 15) is 23.5 Å². The Balaban J connectivity index is 0.00000552. The number of amides is 2. The van der Waals surface area contributed by atoms with E-state index in [1.807, 2.05) is 19.1 Å². The number of hydrogen-bond acceptors (Lipinski definition) is 5. The Labute approximate surface area is 270 Å². The molecule has 1 saturated heterocycles. The molecule has 10 heteroatoms. The molecule has 0 spiro atoms. The van der Waals surface area contributed by atoms with Crippen LogP contribution in [0.2, 0.25) is 0 Å². The first-order valence-electron chi connectivity index (χ1n) is 15.2. The van der Waals surface area contributed by atoms with Crippen molar-refractivity contribution in [2.75, 3.05) is 26.8 Å². The quantitative estimate of drug-likeness (QED) is 0.227. The Kier molecular flexibility index (Phi) is 13.5. The van der Waals surface area contributed by atoms with Gasteiger partial charge in [0.25, 0.3) is 11.8 Å². The second-order valence-corrected chi connectivity index (χ2v) is 12.0. The third kappa shape index (κ3) is 10.1. The van der Waals surface area contributed by atoms with Crippen molar-refractivity contribution >= 4 is 24.2 Å². The Hall–Kier alpha value is -3.37. The molecule has 0 aromatic heterocycles. The molecule has 4 rings (SSSR count). The van der Waals surface area contributed by atoms with E-state index in [4.69, 9.17) is 4.74 Å². The zero-order valence-electron chi connectivity index (χ0n) is 26.3. The summed E-state index contributed by atoms with van der Waals surface area (Å²) in [6, 6.07) is 15.4. The number of aliphatic hydroxyl groups is 1. The highest BCUT2D eigenvalue weighted by atomic mass is 35.5. The molecule has 0 saturated carbocycles. The third-order valence-electron chi connectivity index (χ3n) is 8.04. The maximum atomic E-state index is 14.0. The van der Waals surface area contributed by atoms with Crippen molar-refractivity contribution < 1.29 is 28.2 Å². The number of benzene rings is 3. The number of carbonyl (C=O) groups excluding carboxylic acids is 2. The number of halogens is 3. The molecule has 0 bridgehead atoms. The fraction of sp³-hybridized carbons (Fsp3) is 0.429. The molecule has 3 N–H and O–H groups in total. The van der Waals surface area contributed by atoms with Gasteiger partial charge in [0.2, 0.25) is 0 Å². The van der Waals surface area contributed by atoms with Crippen molar-refractivity contribution in [1.82, 2.24) is 15.5 Å². The standard InChI is InChI=1S/C35H43F2N3O4.ClH/c1-22(2)26-8-5-7-24(13-26)19-38-20-33(41)32(16-25-14-29(36)18-30(37)15-25)39-34(42)27-11-23(3)12-28(17-27)35(43)40-10-6-9-31(40)21-44-4;/h5,7-8,11-15,17-18,22,31-33,38,41H,6,9-10,16,19-21H2,1-4H3,(H,39,42);1H/t31-,32+,33+;/m1./s1. The Bertz CT molecular complexity index is 1430. The molecule has 0 radical (unpaired) electrons. The number of aliphatic hydroxyl groups excluding tert-OH is 1. The average molecular weight is 644 g/mol. The number of methoxy groups -OCH3 is 1. The highest BCUT2D eigenvalue weighted by Crippen LogP contribution is 2.22. The summed E-state index contributed by atoms with van der Waals surface area (Å²) in [7, 11) is 1.61. The van der Waals surface area contributed by atoms with E-state index in [1.54, 1.807) is 30.2 Å². The number of nitrogens with one attached hydrogen (secondary N) is 2. The molecule has 244 valence electrons. The van der Waals surface area contributed by atoms with Gasteiger partial charge in [0.1, 0.15) is 11.6 Å². The van der Waals surface area contributed by atoms with Crippen LogP contribution in [0.1, 0.15) is 75.6 Å². The largest absolute Gasteiger partial charge is 0.390 e. The lowest BCUT2D eigenvalue weighted by molar-refractivity contribution is 0.0630. The number of aryl methyl sites for hydroxylation is 1. The minimum absolute atomic E-state index is 0. The van der Waals surface area contributed by atoms with Gasteiger partial charge in [0, 0.05) is 43.9 Å². The molecule has 1 aliphatic rings. The van der Waals surface area contributed by atoms with Crippen LogP contribution in [0.5, 0.6) is 0 Å². The van der Waals surface area contributed by atoms with E-state index < -0.39 is 29.7 Å². The first-order chi connectivity index (χ1) is 21.0. The number of hydrogen-bond donors (Lipinski definition) is 3. The molecular weight excluding hydrogens is 600 g/mol. The van der Waals surface area contributed by atoms with Gasteiger partial charge < -0.3 is 25.4 Å². The van der Waals surface area contributed by atoms with Crippen LogP contribution < -0.4 is 10.6 Å². The molecule has 0 unspecified atom stereocenters. The molecule has 1 fully saturated rings. The number of carbonyl (C=O) groups is 2. The van der Waals surface area contributed by atoms with Crippen LogP contribution in [0.3, 0.4) is 0 Å². The second kappa shape index (κ2) is 16.8. The first-order valence-corrected chi connectivity index (χ1v) is 15.2. The number of nitrogens with zero attached hydrogens (tertiary/aromatic N) is 1. The fourth-order valence-corrected chi connectivity index (χ4v) is 5.76. The highest BCUT2D eigenvalue weighted by Gasteiger charge is 2.30. The van der Waals surface area contributed by atoms with E-state index in [-0.39, 0.29) is 42.9 Å². The number of ether oxygens (including phenoxy) is 1. The van der Waals surface area contributed by atoms with E-state index in [1.165, 1.54) is 17.7 Å². The van der Waals surface area contributed by atoms with E-state index in [0.717, 1.165) is 30.0 Å². The Morgan fingerprint density at radius 3 is 2.42 bits per heavy atom. The average Bonchev–Trinajstić information content (AvgIpc) is 3.44. The minimum atomic E-state index is -1.08. The van der Waals surface area contributed by atoms with Crippen molar-refractivity contribution in [1.29, 1.82) is 0 Å². The fourth-order valence-electron chi connectivity index (χ4n) is 5.76. The Morgan fingerprint density at radius 2 is 1.73 bits per heavy atom. The Morgan fingerprint density at radius 1 is 1.02 bits per heavy atom. The van der Waals surface area contributed by atoms with Crippen LogP contribution in [0.25, 0.3) is 0 Å². The predicted molar refractivity (Wildman–Crippen MR) is 174 cm³/mol. The maximum Gasteiger partial charge on any atom is 0.254 e. The van der Waals surface area contributed by atoms with Crippen LogP contribution in [0.4, 0.5) is 8.78 Å². The van der Waals surface area contributed by atoms with Gasteiger partial charge in [-0.05, 0) is 84.7 Å². The highest BCUT2D eigenvalue weighted by molar-refractivity contribution is 6.00. The topological polar surface area (TPSA) is 90.9 Å². The van der Waals surface area contributed by atoms with Crippen LogP contribution in [-0.4, -0.2) is 66.8 Å². The van der Waals surface area contributed by atoms with Crippen LogP contribution >= 0.6 is 12.4 Å². The van der Waals surface area contributed by atoms with Gasteiger partial charge in [0.05, 0.1) is 24.8 Å². The summed E-state index contributed by atoms with van der Waals surface area (Å²) in [6.45, 7) is 7.74. The minimum Gasteiger partial charge on any atom is -0.390 e. The van der Waals surface area contributed by atoms with Gasteiger partial charge in [-0.1, -0.05) is 38.1 Å². The van der Waals surface area contributed by atoms with Crippen LogP contribution in [0.15, 0.2) is 60.7 Å². The first kappa shape index (κ1) is 36.1. The normalized spacial score (nSPS) is 15.9. The van der Waals surface area contributed by atoms with Crippen molar-refractivity contribution in [2.45, 2.75) is 70.7 Å². The summed E-state index contributed by atoms with van der Waals surface area (Å²) < 4.78 is 33.3. The molecule has 45 heavy (non-hydrogen) atoms. The van der Waals surface area contributed by atoms with Crippen molar-refractivity contribution in [3.63, 3.8) is 0 Å². The molecule has 3 aromatic carbocycles. The summed E-state index contributed by atoms with van der Waals surface area (Å²) in [6.07, 6.45) is 0.659. The van der Waals surface area contributed by atoms with Gasteiger partial charge in [-0.3, -0.25) is 9.59 Å². The summed E-state index contributed by atoms with van der Waals surface area (Å²) >= 11 is 0. The summed E-state index contributed by atoms with van der Waals surface area (Å²) in [5, 5.41) is 17.3.